The number of carbonyl (C=O) groups is 1. The Balaban J connectivity index is 1.25. The Hall–Kier alpha value is -2.43. The normalized spacial score (nSPS) is 20.3. The summed E-state index contributed by atoms with van der Waals surface area (Å²) in [5.74, 6) is 0. The molecule has 1 atom stereocenters. The molecule has 32 heavy (non-hydrogen) atoms. The lowest BCUT2D eigenvalue weighted by molar-refractivity contribution is -0.147. The Morgan fingerprint density at radius 2 is 1.94 bits per heavy atom. The Bertz CT molecular complexity index is 922. The number of carbonyl (C=O) groups excluding carboxylic acids is 1. The van der Waals surface area contributed by atoms with Gasteiger partial charge in [-0.05, 0) is 46.1 Å². The van der Waals surface area contributed by atoms with E-state index in [0.29, 0.717) is 43.9 Å². The predicted octanol–water partition coefficient (Wildman–Crippen LogP) is 3.23. The van der Waals surface area contributed by atoms with Crippen molar-refractivity contribution in [1.29, 1.82) is 0 Å². The number of hydrogen-bond donors (Lipinski definition) is 2. The van der Waals surface area contributed by atoms with E-state index in [1.165, 1.54) is 4.90 Å². The molecular formula is C22H25F3N4O2S. The minimum absolute atomic E-state index is 0.144. The molecule has 2 amide bonds. The van der Waals surface area contributed by atoms with Crippen LogP contribution in [0.25, 0.3) is 0 Å². The number of amides is 2. The van der Waals surface area contributed by atoms with E-state index in [-0.39, 0.29) is 11.3 Å². The number of alkyl halides is 3. The molecule has 1 unspecified atom stereocenters. The van der Waals surface area contributed by atoms with Gasteiger partial charge in [-0.15, -0.1) is 0 Å². The molecule has 1 aromatic carbocycles. The van der Waals surface area contributed by atoms with Crippen LogP contribution in [0.1, 0.15) is 18.4 Å². The first-order chi connectivity index (χ1) is 15.3. The highest BCUT2D eigenvalue weighted by atomic mass is 32.2. The molecule has 10 heteroatoms. The summed E-state index contributed by atoms with van der Waals surface area (Å²) in [6.07, 6.45) is 4.17. The quantitative estimate of drug-likeness (QED) is 0.654. The van der Waals surface area contributed by atoms with E-state index in [4.69, 9.17) is 0 Å². The third kappa shape index (κ3) is 5.67. The van der Waals surface area contributed by atoms with Crippen molar-refractivity contribution in [3.05, 3.63) is 65.7 Å². The molecule has 172 valence electrons. The largest absolute Gasteiger partial charge is 0.611 e. The van der Waals surface area contributed by atoms with Crippen molar-refractivity contribution >= 4 is 17.2 Å². The number of rotatable bonds is 5. The van der Waals surface area contributed by atoms with Crippen LogP contribution in [-0.4, -0.2) is 58.0 Å². The number of hydrogen-bond acceptors (Lipinski definition) is 4. The van der Waals surface area contributed by atoms with Crippen LogP contribution in [0.15, 0.2) is 65.0 Å². The van der Waals surface area contributed by atoms with Gasteiger partial charge in [0.05, 0.1) is 13.1 Å². The minimum atomic E-state index is -4.20. The number of halogens is 3. The smallest absolute Gasteiger partial charge is 0.401 e. The maximum atomic E-state index is 12.8. The van der Waals surface area contributed by atoms with Crippen molar-refractivity contribution in [3.8, 4) is 0 Å². The van der Waals surface area contributed by atoms with E-state index in [1.54, 1.807) is 17.0 Å². The van der Waals surface area contributed by atoms with Crippen LogP contribution in [0.2, 0.25) is 0 Å². The van der Waals surface area contributed by atoms with Crippen molar-refractivity contribution in [3.63, 3.8) is 0 Å². The fraction of sp³-hybridized carbons (Fsp3) is 0.409. The number of benzene rings is 1. The summed E-state index contributed by atoms with van der Waals surface area (Å²) in [5, 5.41) is 5.75. The van der Waals surface area contributed by atoms with Gasteiger partial charge in [-0.2, -0.15) is 13.2 Å². The summed E-state index contributed by atoms with van der Waals surface area (Å²) in [6.45, 7) is 0.546. The standard InChI is InChI=1S/C22H25F3N4O2S/c23-22(24,25)15-28-9-6-20(7-10-28)32(31)19-3-1-16(2-4-19)11-27-21(30)29-13-17-5-8-26-12-18(17)14-29/h1-5,8,12-13,20,26H,6-7,9-11,14-15H2,(H,27,30). The molecule has 0 saturated carbocycles. The second-order valence-corrected chi connectivity index (χ2v) is 9.81. The molecule has 2 N–H and O–H groups in total. The van der Waals surface area contributed by atoms with Crippen LogP contribution in [0, 0.1) is 0 Å². The van der Waals surface area contributed by atoms with Gasteiger partial charge in [0, 0.05) is 51.1 Å². The average Bonchev–Trinajstić information content (AvgIpc) is 3.21. The summed E-state index contributed by atoms with van der Waals surface area (Å²) >= 11 is -1.27. The van der Waals surface area contributed by atoms with Crippen LogP contribution >= 0.6 is 0 Å². The van der Waals surface area contributed by atoms with E-state index in [9.17, 15) is 22.5 Å². The molecule has 0 spiro atoms. The lowest BCUT2D eigenvalue weighted by Crippen LogP contribution is -2.43. The van der Waals surface area contributed by atoms with Gasteiger partial charge in [-0.3, -0.25) is 9.80 Å². The zero-order valence-corrected chi connectivity index (χ0v) is 18.2. The van der Waals surface area contributed by atoms with Crippen molar-refractivity contribution in [1.82, 2.24) is 20.4 Å². The molecule has 1 aromatic rings. The summed E-state index contributed by atoms with van der Waals surface area (Å²) in [5.41, 5.74) is 2.94. The molecule has 3 aliphatic heterocycles. The lowest BCUT2D eigenvalue weighted by Gasteiger charge is -2.32. The van der Waals surface area contributed by atoms with Crippen molar-refractivity contribution < 1.29 is 22.5 Å². The van der Waals surface area contributed by atoms with Gasteiger partial charge in [-0.25, -0.2) is 4.79 Å². The average molecular weight is 467 g/mol. The highest BCUT2D eigenvalue weighted by Crippen LogP contribution is 2.27. The second kappa shape index (κ2) is 9.60. The Kier molecular flexibility index (Phi) is 6.82. The number of nitrogens with one attached hydrogen (secondary N) is 2. The third-order valence-electron chi connectivity index (χ3n) is 5.72. The molecule has 0 radical (unpaired) electrons. The molecule has 4 rings (SSSR count). The van der Waals surface area contributed by atoms with Gasteiger partial charge in [0.1, 0.15) is 5.25 Å². The summed E-state index contributed by atoms with van der Waals surface area (Å²) < 4.78 is 50.4. The van der Waals surface area contributed by atoms with E-state index in [0.717, 1.165) is 16.7 Å². The van der Waals surface area contributed by atoms with Gasteiger partial charge < -0.3 is 15.2 Å². The van der Waals surface area contributed by atoms with Gasteiger partial charge in [0.2, 0.25) is 0 Å². The van der Waals surface area contributed by atoms with Crippen molar-refractivity contribution in [2.45, 2.75) is 35.7 Å². The SMILES string of the molecule is O=C(NCc1ccc([S+]([O-])C2CCN(CC(F)(F)F)CC2)cc1)N1C=C2C=CNC=C2C1. The highest BCUT2D eigenvalue weighted by molar-refractivity contribution is 7.92. The van der Waals surface area contributed by atoms with Crippen LogP contribution in [0.3, 0.4) is 0 Å². The molecular weight excluding hydrogens is 441 g/mol. The van der Waals surface area contributed by atoms with E-state index < -0.39 is 23.9 Å². The maximum Gasteiger partial charge on any atom is 0.401 e. The van der Waals surface area contributed by atoms with E-state index >= 15 is 0 Å². The fourth-order valence-corrected chi connectivity index (χ4v) is 5.44. The maximum absolute atomic E-state index is 12.8. The van der Waals surface area contributed by atoms with E-state index in [1.807, 2.05) is 36.8 Å². The van der Waals surface area contributed by atoms with Gasteiger partial charge in [-0.1, -0.05) is 12.1 Å². The number of fused-ring (bicyclic) bond motifs is 1. The first kappa shape index (κ1) is 22.8. The number of nitrogens with zero attached hydrogens (tertiary/aromatic N) is 2. The number of allylic oxidation sites excluding steroid dienone is 1. The highest BCUT2D eigenvalue weighted by Gasteiger charge is 2.35. The Morgan fingerprint density at radius 3 is 2.59 bits per heavy atom. The summed E-state index contributed by atoms with van der Waals surface area (Å²) in [4.78, 5) is 16.1. The molecule has 6 nitrogen and oxygen atoms in total. The number of likely N-dealkylation sites (tertiary alicyclic amines) is 1. The summed E-state index contributed by atoms with van der Waals surface area (Å²) in [6, 6.07) is 6.99. The zero-order chi connectivity index (χ0) is 22.7. The first-order valence-corrected chi connectivity index (χ1v) is 11.7. The Labute approximate surface area is 188 Å². The molecule has 3 heterocycles. The molecule has 3 aliphatic rings. The molecule has 1 fully saturated rings. The molecule has 1 saturated heterocycles. The monoisotopic (exact) mass is 466 g/mol. The van der Waals surface area contributed by atoms with E-state index in [2.05, 4.69) is 10.6 Å². The van der Waals surface area contributed by atoms with Gasteiger partial charge in [0.15, 0.2) is 4.90 Å². The predicted molar refractivity (Wildman–Crippen MR) is 116 cm³/mol. The molecule has 0 bridgehead atoms. The van der Waals surface area contributed by atoms with Crippen molar-refractivity contribution in [2.24, 2.45) is 0 Å². The van der Waals surface area contributed by atoms with Crippen LogP contribution < -0.4 is 10.6 Å². The van der Waals surface area contributed by atoms with Gasteiger partial charge in [0.25, 0.3) is 0 Å². The number of dihydropyridines is 1. The first-order valence-electron chi connectivity index (χ1n) is 10.5. The summed E-state index contributed by atoms with van der Waals surface area (Å²) in [7, 11) is 0. The molecule has 0 aliphatic carbocycles. The Morgan fingerprint density at radius 1 is 1.22 bits per heavy atom. The second-order valence-electron chi connectivity index (χ2n) is 8.07. The fourth-order valence-electron chi connectivity index (χ4n) is 4.02. The lowest BCUT2D eigenvalue weighted by atomic mass is 10.1. The van der Waals surface area contributed by atoms with Crippen molar-refractivity contribution in [2.75, 3.05) is 26.2 Å². The zero-order valence-electron chi connectivity index (χ0n) is 17.4. The number of urea groups is 1. The van der Waals surface area contributed by atoms with Crippen LogP contribution in [0.5, 0.6) is 0 Å². The van der Waals surface area contributed by atoms with Crippen LogP contribution in [0.4, 0.5) is 18.0 Å². The van der Waals surface area contributed by atoms with Gasteiger partial charge >= 0.3 is 12.2 Å². The third-order valence-corrected chi connectivity index (χ3v) is 7.54. The number of piperidine rings is 1. The topological polar surface area (TPSA) is 70.7 Å². The minimum Gasteiger partial charge on any atom is -0.611 e. The van der Waals surface area contributed by atoms with Crippen LogP contribution in [-0.2, 0) is 17.7 Å². The molecule has 0 aromatic heterocycles.